The number of anilines is 2. The summed E-state index contributed by atoms with van der Waals surface area (Å²) in [4.78, 5) is 24.3. The van der Waals surface area contributed by atoms with Crippen LogP contribution in [-0.4, -0.2) is 72.5 Å². The lowest BCUT2D eigenvalue weighted by Crippen LogP contribution is -2.62. The number of carbonyl (C=O) groups is 1. The minimum Gasteiger partial charge on any atom is -0.368 e. The Morgan fingerprint density at radius 3 is 2.67 bits per heavy atom. The molecule has 3 fully saturated rings. The standard InChI is InChI=1S/C21H25N5O/c27-21(26-8-7-16-3-1-2-4-19(16)26)17-5-6-20(22-13-17)23-14-18-15-24-9-11-25(18)12-10-24/h1-6,13,18H,7-12,14-15H2,(H,22,23). The first-order valence-electron chi connectivity index (χ1n) is 9.84. The van der Waals surface area contributed by atoms with E-state index in [0.29, 0.717) is 11.6 Å². The van der Waals surface area contributed by atoms with Gasteiger partial charge in [-0.2, -0.15) is 0 Å². The van der Waals surface area contributed by atoms with Gasteiger partial charge in [0.1, 0.15) is 5.82 Å². The summed E-state index contributed by atoms with van der Waals surface area (Å²) in [6.07, 6.45) is 2.62. The van der Waals surface area contributed by atoms with E-state index in [9.17, 15) is 4.79 Å². The lowest BCUT2D eigenvalue weighted by Gasteiger charge is -2.47. The molecule has 6 nitrogen and oxygen atoms in total. The average molecular weight is 363 g/mol. The van der Waals surface area contributed by atoms with E-state index in [4.69, 9.17) is 0 Å². The first-order chi connectivity index (χ1) is 13.3. The quantitative estimate of drug-likeness (QED) is 0.896. The van der Waals surface area contributed by atoms with Gasteiger partial charge in [-0.25, -0.2) is 4.98 Å². The Morgan fingerprint density at radius 2 is 1.93 bits per heavy atom. The third-order valence-electron chi connectivity index (χ3n) is 6.05. The molecule has 1 aromatic carbocycles. The van der Waals surface area contributed by atoms with Crippen molar-refractivity contribution in [3.05, 3.63) is 53.7 Å². The first kappa shape index (κ1) is 16.7. The normalized spacial score (nSPS) is 26.1. The van der Waals surface area contributed by atoms with E-state index in [-0.39, 0.29) is 5.91 Å². The van der Waals surface area contributed by atoms with Crippen molar-refractivity contribution in [3.8, 4) is 0 Å². The summed E-state index contributed by atoms with van der Waals surface area (Å²) in [6.45, 7) is 7.52. The molecule has 0 spiro atoms. The molecule has 2 bridgehead atoms. The number of amides is 1. The van der Waals surface area contributed by atoms with Crippen LogP contribution in [0.2, 0.25) is 0 Å². The summed E-state index contributed by atoms with van der Waals surface area (Å²) >= 11 is 0. The van der Waals surface area contributed by atoms with Crippen LogP contribution in [0, 0.1) is 0 Å². The molecule has 0 aliphatic carbocycles. The molecule has 1 N–H and O–H groups in total. The number of rotatable bonds is 4. The SMILES string of the molecule is O=C(c1ccc(NCC2CN3CCN2CC3)nc1)N1CCc2ccccc21. The van der Waals surface area contributed by atoms with E-state index >= 15 is 0 Å². The minimum atomic E-state index is 0.0301. The zero-order valence-corrected chi connectivity index (χ0v) is 15.5. The predicted octanol–water partition coefficient (Wildman–Crippen LogP) is 1.70. The van der Waals surface area contributed by atoms with Gasteiger partial charge in [-0.15, -0.1) is 0 Å². The highest BCUT2D eigenvalue weighted by molar-refractivity contribution is 6.07. The number of aromatic nitrogens is 1. The molecule has 4 aliphatic heterocycles. The highest BCUT2D eigenvalue weighted by atomic mass is 16.2. The molecule has 4 aliphatic rings. The monoisotopic (exact) mass is 363 g/mol. The molecule has 3 saturated heterocycles. The van der Waals surface area contributed by atoms with E-state index in [1.165, 1.54) is 31.7 Å². The Labute approximate surface area is 159 Å². The molecule has 1 amide bonds. The molecule has 0 radical (unpaired) electrons. The summed E-state index contributed by atoms with van der Waals surface area (Å²) in [6, 6.07) is 12.5. The Kier molecular flexibility index (Phi) is 4.30. The fraction of sp³-hybridized carbons (Fsp3) is 0.429. The largest absolute Gasteiger partial charge is 0.368 e. The van der Waals surface area contributed by atoms with Gasteiger partial charge in [0, 0.05) is 63.7 Å². The van der Waals surface area contributed by atoms with Gasteiger partial charge in [-0.1, -0.05) is 18.2 Å². The van der Waals surface area contributed by atoms with Crippen LogP contribution in [-0.2, 0) is 6.42 Å². The number of nitrogens with one attached hydrogen (secondary N) is 1. The van der Waals surface area contributed by atoms with Gasteiger partial charge in [0.05, 0.1) is 5.56 Å². The van der Waals surface area contributed by atoms with E-state index in [1.807, 2.05) is 35.2 Å². The van der Waals surface area contributed by atoms with Crippen molar-refractivity contribution in [2.75, 3.05) is 56.0 Å². The molecule has 0 saturated carbocycles. The van der Waals surface area contributed by atoms with Crippen LogP contribution in [0.25, 0.3) is 0 Å². The molecule has 1 aromatic heterocycles. The Hall–Kier alpha value is -2.44. The molecular formula is C21H25N5O. The van der Waals surface area contributed by atoms with E-state index in [2.05, 4.69) is 26.2 Å². The van der Waals surface area contributed by atoms with Crippen LogP contribution in [0.15, 0.2) is 42.6 Å². The maximum absolute atomic E-state index is 12.9. The smallest absolute Gasteiger partial charge is 0.259 e. The number of piperazine rings is 3. The molecule has 1 unspecified atom stereocenters. The highest BCUT2D eigenvalue weighted by Gasteiger charge is 2.31. The summed E-state index contributed by atoms with van der Waals surface area (Å²) in [5.41, 5.74) is 2.91. The Bertz CT molecular complexity index is 829. The number of para-hydroxylation sites is 1. The van der Waals surface area contributed by atoms with Gasteiger partial charge in [0.25, 0.3) is 5.91 Å². The van der Waals surface area contributed by atoms with Crippen molar-refractivity contribution in [3.63, 3.8) is 0 Å². The number of hydrogen-bond acceptors (Lipinski definition) is 5. The van der Waals surface area contributed by atoms with Crippen molar-refractivity contribution < 1.29 is 4.79 Å². The molecule has 2 aromatic rings. The zero-order valence-electron chi connectivity index (χ0n) is 15.5. The van der Waals surface area contributed by atoms with Crippen LogP contribution < -0.4 is 10.2 Å². The zero-order chi connectivity index (χ0) is 18.2. The summed E-state index contributed by atoms with van der Waals surface area (Å²) in [5, 5.41) is 3.45. The molecule has 6 heteroatoms. The van der Waals surface area contributed by atoms with Crippen molar-refractivity contribution in [2.24, 2.45) is 0 Å². The highest BCUT2D eigenvalue weighted by Crippen LogP contribution is 2.28. The van der Waals surface area contributed by atoms with Gasteiger partial charge in [-0.3, -0.25) is 14.6 Å². The predicted molar refractivity (Wildman–Crippen MR) is 106 cm³/mol. The van der Waals surface area contributed by atoms with Crippen molar-refractivity contribution >= 4 is 17.4 Å². The number of pyridine rings is 1. The van der Waals surface area contributed by atoms with Crippen LogP contribution >= 0.6 is 0 Å². The molecule has 140 valence electrons. The third kappa shape index (κ3) is 3.19. The lowest BCUT2D eigenvalue weighted by molar-refractivity contribution is 0.0189. The van der Waals surface area contributed by atoms with Crippen LogP contribution in [0.1, 0.15) is 15.9 Å². The van der Waals surface area contributed by atoms with Gasteiger partial charge in [0.15, 0.2) is 0 Å². The molecule has 1 atom stereocenters. The van der Waals surface area contributed by atoms with Gasteiger partial charge >= 0.3 is 0 Å². The van der Waals surface area contributed by atoms with Crippen LogP contribution in [0.3, 0.4) is 0 Å². The lowest BCUT2D eigenvalue weighted by atomic mass is 10.1. The van der Waals surface area contributed by atoms with Crippen molar-refractivity contribution in [1.82, 2.24) is 14.8 Å². The summed E-state index contributed by atoms with van der Waals surface area (Å²) in [5.74, 6) is 0.869. The minimum absolute atomic E-state index is 0.0301. The van der Waals surface area contributed by atoms with Crippen LogP contribution in [0.5, 0.6) is 0 Å². The second-order valence-corrected chi connectivity index (χ2v) is 7.64. The number of benzene rings is 1. The van der Waals surface area contributed by atoms with Gasteiger partial charge in [0.2, 0.25) is 0 Å². The summed E-state index contributed by atoms with van der Waals surface area (Å²) < 4.78 is 0. The first-order valence-corrected chi connectivity index (χ1v) is 9.84. The molecule has 27 heavy (non-hydrogen) atoms. The third-order valence-corrected chi connectivity index (χ3v) is 6.05. The fourth-order valence-corrected chi connectivity index (χ4v) is 4.47. The number of carbonyl (C=O) groups excluding carboxylic acids is 1. The van der Waals surface area contributed by atoms with E-state index in [0.717, 1.165) is 37.6 Å². The topological polar surface area (TPSA) is 51.7 Å². The van der Waals surface area contributed by atoms with Crippen molar-refractivity contribution in [1.29, 1.82) is 0 Å². The van der Waals surface area contributed by atoms with E-state index < -0.39 is 0 Å². The van der Waals surface area contributed by atoms with Crippen molar-refractivity contribution in [2.45, 2.75) is 12.5 Å². The van der Waals surface area contributed by atoms with Crippen LogP contribution in [0.4, 0.5) is 11.5 Å². The number of hydrogen-bond donors (Lipinski definition) is 1. The maximum Gasteiger partial charge on any atom is 0.259 e. The summed E-state index contributed by atoms with van der Waals surface area (Å²) in [7, 11) is 0. The van der Waals surface area contributed by atoms with E-state index in [1.54, 1.807) is 6.20 Å². The van der Waals surface area contributed by atoms with Gasteiger partial charge < -0.3 is 10.2 Å². The molecular weight excluding hydrogens is 338 g/mol. The second-order valence-electron chi connectivity index (χ2n) is 7.64. The molecule has 5 heterocycles. The van der Waals surface area contributed by atoms with Gasteiger partial charge in [-0.05, 0) is 30.2 Å². The fourth-order valence-electron chi connectivity index (χ4n) is 4.47. The number of fused-ring (bicyclic) bond motifs is 4. The Morgan fingerprint density at radius 1 is 1.07 bits per heavy atom. The second kappa shape index (κ2) is 6.94. The number of nitrogens with zero attached hydrogens (tertiary/aromatic N) is 4. The Balaban J connectivity index is 1.22. The maximum atomic E-state index is 12.9. The average Bonchev–Trinajstić information content (AvgIpc) is 3.17. The molecule has 6 rings (SSSR count).